The van der Waals surface area contributed by atoms with Gasteiger partial charge in [-0.05, 0) is 42.8 Å². The third-order valence-corrected chi connectivity index (χ3v) is 3.21. The van der Waals surface area contributed by atoms with Crippen LogP contribution in [0.2, 0.25) is 0 Å². The van der Waals surface area contributed by atoms with Gasteiger partial charge in [0.2, 0.25) is 0 Å². The van der Waals surface area contributed by atoms with Crippen LogP contribution >= 0.6 is 0 Å². The maximum absolute atomic E-state index is 9.83. The first kappa shape index (κ1) is 16.9. The number of ether oxygens (including phenoxy) is 1. The number of rotatable bonds is 9. The van der Waals surface area contributed by atoms with Crippen molar-refractivity contribution in [2.24, 2.45) is 0 Å². The molecule has 0 aromatic heterocycles. The van der Waals surface area contributed by atoms with Gasteiger partial charge in [0.1, 0.15) is 12.7 Å². The molecule has 23 heavy (non-hydrogen) atoms. The first-order valence-corrected chi connectivity index (χ1v) is 7.88. The van der Waals surface area contributed by atoms with Crippen molar-refractivity contribution in [1.82, 2.24) is 0 Å². The lowest BCUT2D eigenvalue weighted by atomic mass is 10.2. The van der Waals surface area contributed by atoms with E-state index in [9.17, 15) is 5.11 Å². The van der Waals surface area contributed by atoms with Crippen LogP contribution in [0.4, 0.5) is 17.1 Å². The Kier molecular flexibility index (Phi) is 7.01. The molecule has 1 atom stereocenters. The van der Waals surface area contributed by atoms with Crippen molar-refractivity contribution in [2.45, 2.75) is 19.4 Å². The number of aliphatic hydroxyl groups is 1. The van der Waals surface area contributed by atoms with Gasteiger partial charge < -0.3 is 20.5 Å². The zero-order valence-electron chi connectivity index (χ0n) is 13.4. The monoisotopic (exact) mass is 312 g/mol. The van der Waals surface area contributed by atoms with Crippen LogP contribution in [0.15, 0.2) is 66.9 Å². The highest BCUT2D eigenvalue weighted by atomic mass is 16.5. The van der Waals surface area contributed by atoms with Gasteiger partial charge >= 0.3 is 0 Å². The second-order valence-electron chi connectivity index (χ2n) is 5.22. The summed E-state index contributed by atoms with van der Waals surface area (Å²) >= 11 is 0. The van der Waals surface area contributed by atoms with Crippen molar-refractivity contribution in [3.05, 3.63) is 66.9 Å². The highest BCUT2D eigenvalue weighted by Crippen LogP contribution is 2.18. The highest BCUT2D eigenvalue weighted by Gasteiger charge is 2.03. The number of hydrogen-bond donors (Lipinski definition) is 3. The van der Waals surface area contributed by atoms with E-state index in [2.05, 4.69) is 10.6 Å². The van der Waals surface area contributed by atoms with E-state index in [1.165, 1.54) is 0 Å². The highest BCUT2D eigenvalue weighted by molar-refractivity contribution is 5.62. The molecule has 0 bridgehead atoms. The van der Waals surface area contributed by atoms with Crippen molar-refractivity contribution in [3.63, 3.8) is 0 Å². The van der Waals surface area contributed by atoms with Gasteiger partial charge in [0.25, 0.3) is 0 Å². The minimum atomic E-state index is -0.543. The SMILES string of the molecule is CCC=COCC(O)CNc1ccc(Nc2ccccc2)cc1. The zero-order valence-corrected chi connectivity index (χ0v) is 13.4. The minimum Gasteiger partial charge on any atom is -0.499 e. The number of para-hydroxylation sites is 1. The summed E-state index contributed by atoms with van der Waals surface area (Å²) in [5.74, 6) is 0. The van der Waals surface area contributed by atoms with E-state index < -0.39 is 6.10 Å². The van der Waals surface area contributed by atoms with Gasteiger partial charge in [-0.15, -0.1) is 0 Å². The van der Waals surface area contributed by atoms with E-state index in [0.717, 1.165) is 23.5 Å². The Bertz CT molecular complexity index is 582. The summed E-state index contributed by atoms with van der Waals surface area (Å²) in [5, 5.41) is 16.4. The van der Waals surface area contributed by atoms with Crippen molar-refractivity contribution in [3.8, 4) is 0 Å². The molecule has 1 unspecified atom stereocenters. The second kappa shape index (κ2) is 9.54. The number of hydrogen-bond acceptors (Lipinski definition) is 4. The van der Waals surface area contributed by atoms with E-state index in [-0.39, 0.29) is 6.61 Å². The molecule has 4 heteroatoms. The Labute approximate surface area is 137 Å². The Morgan fingerprint density at radius 3 is 2.35 bits per heavy atom. The smallest absolute Gasteiger partial charge is 0.115 e. The molecule has 122 valence electrons. The van der Waals surface area contributed by atoms with Gasteiger partial charge in [-0.3, -0.25) is 0 Å². The van der Waals surface area contributed by atoms with Gasteiger partial charge in [-0.1, -0.05) is 31.2 Å². The van der Waals surface area contributed by atoms with Crippen molar-refractivity contribution >= 4 is 17.1 Å². The molecule has 0 aliphatic heterocycles. The normalized spacial score (nSPS) is 12.1. The van der Waals surface area contributed by atoms with Crippen LogP contribution < -0.4 is 10.6 Å². The number of anilines is 3. The fourth-order valence-corrected chi connectivity index (χ4v) is 1.99. The maximum Gasteiger partial charge on any atom is 0.115 e. The standard InChI is InChI=1S/C19H24N2O2/c1-2-3-13-23-15-19(22)14-20-16-9-11-18(12-10-16)21-17-7-5-4-6-8-17/h3-13,19-22H,2,14-15H2,1H3. The molecule has 3 N–H and O–H groups in total. The largest absolute Gasteiger partial charge is 0.499 e. The van der Waals surface area contributed by atoms with Gasteiger partial charge in [0.05, 0.1) is 6.26 Å². The predicted octanol–water partition coefficient (Wildman–Crippen LogP) is 4.14. The molecule has 0 radical (unpaired) electrons. The van der Waals surface area contributed by atoms with E-state index in [0.29, 0.717) is 6.54 Å². The van der Waals surface area contributed by atoms with Crippen molar-refractivity contribution in [1.29, 1.82) is 0 Å². The Morgan fingerprint density at radius 1 is 1.00 bits per heavy atom. The van der Waals surface area contributed by atoms with Crippen LogP contribution in [-0.2, 0) is 4.74 Å². The van der Waals surface area contributed by atoms with E-state index >= 15 is 0 Å². The second-order valence-corrected chi connectivity index (χ2v) is 5.22. The number of benzene rings is 2. The lowest BCUT2D eigenvalue weighted by Gasteiger charge is -2.13. The minimum absolute atomic E-state index is 0.289. The molecular weight excluding hydrogens is 288 g/mol. The topological polar surface area (TPSA) is 53.5 Å². The maximum atomic E-state index is 9.83. The summed E-state index contributed by atoms with van der Waals surface area (Å²) < 4.78 is 5.23. The summed E-state index contributed by atoms with van der Waals surface area (Å²) in [7, 11) is 0. The van der Waals surface area contributed by atoms with Crippen LogP contribution in [0.3, 0.4) is 0 Å². The molecule has 2 aromatic carbocycles. The lowest BCUT2D eigenvalue weighted by molar-refractivity contribution is 0.0930. The Hall–Kier alpha value is -2.46. The van der Waals surface area contributed by atoms with Crippen LogP contribution in [0.25, 0.3) is 0 Å². The predicted molar refractivity (Wildman–Crippen MR) is 96.0 cm³/mol. The van der Waals surface area contributed by atoms with E-state index in [1.807, 2.05) is 67.6 Å². The van der Waals surface area contributed by atoms with Crippen molar-refractivity contribution in [2.75, 3.05) is 23.8 Å². The molecule has 0 saturated carbocycles. The van der Waals surface area contributed by atoms with E-state index in [4.69, 9.17) is 4.74 Å². The summed E-state index contributed by atoms with van der Waals surface area (Å²) in [6.45, 7) is 2.77. The molecule has 2 aromatic rings. The van der Waals surface area contributed by atoms with Gasteiger partial charge in [-0.25, -0.2) is 0 Å². The molecule has 2 rings (SSSR count). The lowest BCUT2D eigenvalue weighted by Crippen LogP contribution is -2.23. The third kappa shape index (κ3) is 6.45. The molecule has 0 aliphatic rings. The Balaban J connectivity index is 1.75. The number of nitrogens with one attached hydrogen (secondary N) is 2. The molecule has 0 spiro atoms. The van der Waals surface area contributed by atoms with Gasteiger partial charge in [0, 0.05) is 23.6 Å². The molecule has 0 fully saturated rings. The first-order chi connectivity index (χ1) is 11.3. The fourth-order valence-electron chi connectivity index (χ4n) is 1.99. The van der Waals surface area contributed by atoms with Crippen LogP contribution in [0.1, 0.15) is 13.3 Å². The fraction of sp³-hybridized carbons (Fsp3) is 0.263. The van der Waals surface area contributed by atoms with Crippen molar-refractivity contribution < 1.29 is 9.84 Å². The average Bonchev–Trinajstić information content (AvgIpc) is 2.59. The summed E-state index contributed by atoms with van der Waals surface area (Å²) in [6, 6.07) is 18.0. The molecule has 0 heterocycles. The molecule has 4 nitrogen and oxygen atoms in total. The van der Waals surface area contributed by atoms with Gasteiger partial charge in [-0.2, -0.15) is 0 Å². The van der Waals surface area contributed by atoms with Crippen LogP contribution in [0.5, 0.6) is 0 Å². The average molecular weight is 312 g/mol. The summed E-state index contributed by atoms with van der Waals surface area (Å²) in [4.78, 5) is 0. The summed E-state index contributed by atoms with van der Waals surface area (Å²) in [5.41, 5.74) is 3.04. The number of aliphatic hydroxyl groups excluding tert-OH is 1. The van der Waals surface area contributed by atoms with Gasteiger partial charge in [0.15, 0.2) is 0 Å². The first-order valence-electron chi connectivity index (χ1n) is 7.88. The molecule has 0 saturated heterocycles. The molecule has 0 amide bonds. The third-order valence-electron chi connectivity index (χ3n) is 3.21. The summed E-state index contributed by atoms with van der Waals surface area (Å²) in [6.07, 6.45) is 3.93. The van der Waals surface area contributed by atoms with Crippen LogP contribution in [0, 0.1) is 0 Å². The van der Waals surface area contributed by atoms with E-state index in [1.54, 1.807) is 6.26 Å². The molecular formula is C19H24N2O2. The Morgan fingerprint density at radius 2 is 1.65 bits per heavy atom. The molecule has 0 aliphatic carbocycles. The zero-order chi connectivity index (χ0) is 16.3. The quantitative estimate of drug-likeness (QED) is 0.609. The number of allylic oxidation sites excluding steroid dienone is 1. The van der Waals surface area contributed by atoms with Crippen LogP contribution in [-0.4, -0.2) is 24.4 Å².